The summed E-state index contributed by atoms with van der Waals surface area (Å²) in [5, 5.41) is 8.97. The van der Waals surface area contributed by atoms with E-state index < -0.39 is 5.82 Å². The summed E-state index contributed by atoms with van der Waals surface area (Å²) in [5.41, 5.74) is 0.609. The molecule has 1 heterocycles. The van der Waals surface area contributed by atoms with Crippen molar-refractivity contribution in [1.82, 2.24) is 4.98 Å². The minimum absolute atomic E-state index is 0.260. The molecule has 1 aromatic carbocycles. The van der Waals surface area contributed by atoms with Crippen molar-refractivity contribution in [2.45, 2.75) is 6.61 Å². The van der Waals surface area contributed by atoms with Crippen LogP contribution in [0.3, 0.4) is 0 Å². The van der Waals surface area contributed by atoms with Crippen LogP contribution in [0.4, 0.5) is 4.39 Å². The molecule has 0 unspecified atom stereocenters. The fraction of sp³-hybridized carbons (Fsp3) is 0.100. The normalized spacial score (nSPS) is 10.6. The van der Waals surface area contributed by atoms with E-state index in [0.717, 1.165) is 4.47 Å². The fourth-order valence-electron chi connectivity index (χ4n) is 1.27. The largest absolute Gasteiger partial charge is 0.443 e. The van der Waals surface area contributed by atoms with Crippen molar-refractivity contribution in [1.29, 1.82) is 0 Å². The van der Waals surface area contributed by atoms with E-state index in [-0.39, 0.29) is 17.9 Å². The van der Waals surface area contributed by atoms with Crippen molar-refractivity contribution in [2.24, 2.45) is 0 Å². The molecule has 15 heavy (non-hydrogen) atoms. The number of halogens is 2. The summed E-state index contributed by atoms with van der Waals surface area (Å²) in [4.78, 5) is 3.78. The smallest absolute Gasteiger partial charge is 0.181 e. The number of oxazole rings is 1. The molecule has 0 bridgehead atoms. The SMILES string of the molecule is OCc1ncoc1-c1cc(Br)ccc1F. The Morgan fingerprint density at radius 3 is 3.00 bits per heavy atom. The Hall–Kier alpha value is -1.20. The van der Waals surface area contributed by atoms with E-state index in [0.29, 0.717) is 5.69 Å². The molecule has 2 rings (SSSR count). The van der Waals surface area contributed by atoms with Gasteiger partial charge in [-0.05, 0) is 18.2 Å². The standard InChI is InChI=1S/C10H7BrFNO2/c11-6-1-2-8(12)7(3-6)10-9(4-14)13-5-15-10/h1-3,5,14H,4H2. The molecule has 0 saturated carbocycles. The molecule has 0 fully saturated rings. The van der Waals surface area contributed by atoms with E-state index in [1.54, 1.807) is 12.1 Å². The molecule has 0 aliphatic rings. The van der Waals surface area contributed by atoms with Crippen LogP contribution >= 0.6 is 15.9 Å². The number of nitrogens with zero attached hydrogens (tertiary/aromatic N) is 1. The summed E-state index contributed by atoms with van der Waals surface area (Å²) >= 11 is 3.24. The van der Waals surface area contributed by atoms with Gasteiger partial charge in [0.05, 0.1) is 12.2 Å². The average Bonchev–Trinajstić information content (AvgIpc) is 2.69. The first-order chi connectivity index (χ1) is 7.22. The Morgan fingerprint density at radius 1 is 1.47 bits per heavy atom. The van der Waals surface area contributed by atoms with Crippen molar-refractivity contribution < 1.29 is 13.9 Å². The van der Waals surface area contributed by atoms with Crippen molar-refractivity contribution in [3.63, 3.8) is 0 Å². The van der Waals surface area contributed by atoms with Gasteiger partial charge < -0.3 is 9.52 Å². The molecule has 1 N–H and O–H groups in total. The second kappa shape index (κ2) is 4.12. The lowest BCUT2D eigenvalue weighted by Crippen LogP contribution is -1.89. The number of rotatable bonds is 2. The van der Waals surface area contributed by atoms with Crippen LogP contribution in [-0.4, -0.2) is 10.1 Å². The van der Waals surface area contributed by atoms with Gasteiger partial charge in [0, 0.05) is 4.47 Å². The van der Waals surface area contributed by atoms with Crippen molar-refractivity contribution >= 4 is 15.9 Å². The van der Waals surface area contributed by atoms with Crippen LogP contribution in [0.25, 0.3) is 11.3 Å². The van der Waals surface area contributed by atoms with Gasteiger partial charge in [0.1, 0.15) is 11.5 Å². The monoisotopic (exact) mass is 271 g/mol. The first kappa shape index (κ1) is 10.3. The Labute approximate surface area is 93.7 Å². The molecule has 0 spiro atoms. The molecule has 0 saturated heterocycles. The van der Waals surface area contributed by atoms with Crippen LogP contribution in [0.5, 0.6) is 0 Å². The molecule has 0 atom stereocenters. The van der Waals surface area contributed by atoms with E-state index in [1.807, 2.05) is 0 Å². The number of aliphatic hydroxyl groups excluding tert-OH is 1. The number of benzene rings is 1. The Balaban J connectivity index is 2.58. The van der Waals surface area contributed by atoms with Gasteiger partial charge in [-0.3, -0.25) is 0 Å². The minimum atomic E-state index is -0.412. The maximum absolute atomic E-state index is 13.5. The summed E-state index contributed by atoms with van der Waals surface area (Å²) < 4.78 is 19.2. The maximum Gasteiger partial charge on any atom is 0.181 e. The molecule has 5 heteroatoms. The summed E-state index contributed by atoms with van der Waals surface area (Å²) in [6.07, 6.45) is 1.18. The number of hydrogen-bond acceptors (Lipinski definition) is 3. The van der Waals surface area contributed by atoms with Crippen LogP contribution in [0, 0.1) is 5.82 Å². The highest BCUT2D eigenvalue weighted by atomic mass is 79.9. The Kier molecular flexibility index (Phi) is 2.83. The molecule has 2 aromatic rings. The van der Waals surface area contributed by atoms with Crippen LogP contribution < -0.4 is 0 Å². The lowest BCUT2D eigenvalue weighted by Gasteiger charge is -2.01. The van der Waals surface area contributed by atoms with Crippen LogP contribution in [-0.2, 0) is 6.61 Å². The van der Waals surface area contributed by atoms with Gasteiger partial charge >= 0.3 is 0 Å². The predicted molar refractivity (Wildman–Crippen MR) is 55.5 cm³/mol. The topological polar surface area (TPSA) is 46.3 Å². The zero-order valence-electron chi connectivity index (χ0n) is 7.58. The molecule has 0 radical (unpaired) electrons. The number of aliphatic hydroxyl groups is 1. The fourth-order valence-corrected chi connectivity index (χ4v) is 1.63. The van der Waals surface area contributed by atoms with E-state index in [1.165, 1.54) is 12.5 Å². The summed E-state index contributed by atoms with van der Waals surface area (Å²) in [5.74, 6) is -0.152. The predicted octanol–water partition coefficient (Wildman–Crippen LogP) is 2.74. The van der Waals surface area contributed by atoms with Gasteiger partial charge in [-0.15, -0.1) is 0 Å². The lowest BCUT2D eigenvalue weighted by atomic mass is 10.1. The third-order valence-corrected chi connectivity index (χ3v) is 2.46. The average molecular weight is 272 g/mol. The molecular formula is C10H7BrFNO2. The van der Waals surface area contributed by atoms with Crippen molar-refractivity contribution in [3.05, 3.63) is 40.6 Å². The van der Waals surface area contributed by atoms with Gasteiger partial charge in [-0.25, -0.2) is 9.37 Å². The van der Waals surface area contributed by atoms with Crippen LogP contribution in [0.15, 0.2) is 33.5 Å². The van der Waals surface area contributed by atoms with E-state index >= 15 is 0 Å². The first-order valence-electron chi connectivity index (χ1n) is 4.21. The third-order valence-electron chi connectivity index (χ3n) is 1.96. The second-order valence-corrected chi connectivity index (χ2v) is 3.83. The molecule has 3 nitrogen and oxygen atoms in total. The highest BCUT2D eigenvalue weighted by Gasteiger charge is 2.14. The molecule has 0 amide bonds. The summed E-state index contributed by atoms with van der Waals surface area (Å²) in [6, 6.07) is 4.49. The summed E-state index contributed by atoms with van der Waals surface area (Å²) in [6.45, 7) is -0.280. The maximum atomic E-state index is 13.5. The van der Waals surface area contributed by atoms with Gasteiger partial charge in [-0.1, -0.05) is 15.9 Å². The van der Waals surface area contributed by atoms with Crippen molar-refractivity contribution in [2.75, 3.05) is 0 Å². The van der Waals surface area contributed by atoms with Crippen LogP contribution in [0.2, 0.25) is 0 Å². The second-order valence-electron chi connectivity index (χ2n) is 2.91. The van der Waals surface area contributed by atoms with Crippen molar-refractivity contribution in [3.8, 4) is 11.3 Å². The Morgan fingerprint density at radius 2 is 2.27 bits per heavy atom. The highest BCUT2D eigenvalue weighted by molar-refractivity contribution is 9.10. The lowest BCUT2D eigenvalue weighted by molar-refractivity contribution is 0.277. The molecular weight excluding hydrogens is 265 g/mol. The zero-order valence-corrected chi connectivity index (χ0v) is 9.16. The van der Waals surface area contributed by atoms with Gasteiger partial charge in [0.2, 0.25) is 0 Å². The highest BCUT2D eigenvalue weighted by Crippen LogP contribution is 2.28. The Bertz CT molecular complexity index is 484. The quantitative estimate of drug-likeness (QED) is 0.914. The zero-order chi connectivity index (χ0) is 10.8. The molecule has 78 valence electrons. The van der Waals surface area contributed by atoms with Gasteiger partial charge in [0.15, 0.2) is 12.2 Å². The summed E-state index contributed by atoms with van der Waals surface area (Å²) in [7, 11) is 0. The molecule has 0 aliphatic carbocycles. The molecule has 0 aliphatic heterocycles. The molecule has 1 aromatic heterocycles. The number of hydrogen-bond donors (Lipinski definition) is 1. The van der Waals surface area contributed by atoms with E-state index in [2.05, 4.69) is 20.9 Å². The van der Waals surface area contributed by atoms with E-state index in [9.17, 15) is 4.39 Å². The van der Waals surface area contributed by atoms with Gasteiger partial charge in [-0.2, -0.15) is 0 Å². The first-order valence-corrected chi connectivity index (χ1v) is 5.00. The van der Waals surface area contributed by atoms with Gasteiger partial charge in [0.25, 0.3) is 0 Å². The number of aromatic nitrogens is 1. The third kappa shape index (κ3) is 1.93. The van der Waals surface area contributed by atoms with E-state index in [4.69, 9.17) is 9.52 Å². The minimum Gasteiger partial charge on any atom is -0.443 e. The van der Waals surface area contributed by atoms with Crippen LogP contribution in [0.1, 0.15) is 5.69 Å².